The van der Waals surface area contributed by atoms with Gasteiger partial charge in [-0.15, -0.1) is 0 Å². The number of carbonyl (C=O) groups excluding carboxylic acids is 1. The molecule has 0 amide bonds. The fraction of sp³-hybridized carbons (Fsp3) is 0.667. The highest BCUT2D eigenvalue weighted by Crippen LogP contribution is 2.30. The summed E-state index contributed by atoms with van der Waals surface area (Å²) in [5.74, 6) is -1.64. The molecule has 5 nitrogen and oxygen atoms in total. The van der Waals surface area contributed by atoms with E-state index in [4.69, 9.17) is 4.55 Å². The molecule has 0 aromatic rings. The fourth-order valence-corrected chi connectivity index (χ4v) is 1.92. The van der Waals surface area contributed by atoms with Gasteiger partial charge in [0.2, 0.25) is 5.94 Å². The summed E-state index contributed by atoms with van der Waals surface area (Å²) < 4.78 is 33.4. The summed E-state index contributed by atoms with van der Waals surface area (Å²) in [6.45, 7) is 3.59. The van der Waals surface area contributed by atoms with E-state index in [1.54, 1.807) is 0 Å². The van der Waals surface area contributed by atoms with E-state index in [1.165, 1.54) is 0 Å². The van der Waals surface area contributed by atoms with Crippen LogP contribution in [-0.2, 0) is 19.6 Å². The van der Waals surface area contributed by atoms with Crippen molar-refractivity contribution in [3.8, 4) is 0 Å². The number of hydrogen-bond donors (Lipinski definition) is 1. The van der Waals surface area contributed by atoms with Crippen molar-refractivity contribution in [3.05, 3.63) is 12.2 Å². The molecular formula is C9H14O5S. The Hall–Kier alpha value is -0.880. The van der Waals surface area contributed by atoms with E-state index in [-0.39, 0.29) is 5.92 Å². The average Bonchev–Trinajstić information content (AvgIpc) is 2.64. The van der Waals surface area contributed by atoms with Crippen molar-refractivity contribution in [2.24, 2.45) is 5.92 Å². The third-order valence-electron chi connectivity index (χ3n) is 2.45. The highest BCUT2D eigenvalue weighted by Gasteiger charge is 2.24. The topological polar surface area (TPSA) is 80.7 Å². The van der Waals surface area contributed by atoms with Crippen molar-refractivity contribution in [1.29, 1.82) is 0 Å². The van der Waals surface area contributed by atoms with Gasteiger partial charge in [0, 0.05) is 5.57 Å². The minimum atomic E-state index is -4.26. The second kappa shape index (κ2) is 4.76. The smallest absolute Gasteiger partial charge is 0.334 e. The van der Waals surface area contributed by atoms with Crippen molar-refractivity contribution in [2.45, 2.75) is 25.7 Å². The Balaban J connectivity index is 2.43. The maximum atomic E-state index is 11.3. The third kappa shape index (κ3) is 4.01. The molecule has 0 heterocycles. The Bertz CT molecular complexity index is 351. The predicted molar refractivity (Wildman–Crippen MR) is 53.6 cm³/mol. The van der Waals surface area contributed by atoms with E-state index < -0.39 is 22.0 Å². The highest BCUT2D eigenvalue weighted by atomic mass is 32.2. The molecule has 1 aliphatic rings. The molecule has 1 fully saturated rings. The number of ether oxygens (including phenoxy) is 1. The molecule has 0 atom stereocenters. The number of esters is 1. The van der Waals surface area contributed by atoms with Crippen LogP contribution in [0.4, 0.5) is 0 Å². The van der Waals surface area contributed by atoms with E-state index in [0.29, 0.717) is 5.57 Å². The van der Waals surface area contributed by atoms with Crippen LogP contribution in [0.1, 0.15) is 25.7 Å². The summed E-state index contributed by atoms with van der Waals surface area (Å²) in [4.78, 5) is 11.3. The van der Waals surface area contributed by atoms with Crippen LogP contribution in [0.2, 0.25) is 0 Å². The second-order valence-electron chi connectivity index (χ2n) is 3.64. The van der Waals surface area contributed by atoms with Gasteiger partial charge < -0.3 is 4.74 Å². The maximum absolute atomic E-state index is 11.3. The Morgan fingerprint density at radius 3 is 2.40 bits per heavy atom. The molecule has 6 heteroatoms. The van der Waals surface area contributed by atoms with Crippen molar-refractivity contribution < 1.29 is 22.5 Å². The summed E-state index contributed by atoms with van der Waals surface area (Å²) in [6, 6.07) is 0. The first-order valence-corrected chi connectivity index (χ1v) is 6.32. The van der Waals surface area contributed by atoms with Crippen molar-refractivity contribution >= 4 is 16.1 Å². The molecule has 0 saturated heterocycles. The Morgan fingerprint density at radius 2 is 1.93 bits per heavy atom. The minimum absolute atomic E-state index is 0.0962. The normalized spacial score (nSPS) is 17.7. The Morgan fingerprint density at radius 1 is 1.40 bits per heavy atom. The van der Waals surface area contributed by atoms with Gasteiger partial charge in [-0.3, -0.25) is 4.55 Å². The largest absolute Gasteiger partial charge is 0.443 e. The summed E-state index contributed by atoms with van der Waals surface area (Å²) >= 11 is 0. The van der Waals surface area contributed by atoms with Gasteiger partial charge in [0.25, 0.3) is 0 Å². The van der Waals surface area contributed by atoms with Crippen LogP contribution >= 0.6 is 0 Å². The van der Waals surface area contributed by atoms with Gasteiger partial charge in [0.15, 0.2) is 0 Å². The van der Waals surface area contributed by atoms with Crippen LogP contribution < -0.4 is 0 Å². The molecule has 0 aromatic heterocycles. The molecule has 1 rings (SSSR count). The molecule has 0 aromatic carbocycles. The van der Waals surface area contributed by atoms with Crippen LogP contribution in [0.5, 0.6) is 0 Å². The van der Waals surface area contributed by atoms with Gasteiger partial charge in [0.1, 0.15) is 0 Å². The first-order valence-electron chi connectivity index (χ1n) is 4.71. The standard InChI is InChI=1S/C9H14O5S/c1-7(8-4-2-3-5-8)9(10)14-6-15(11,12)13/h8H,1-6H2,(H,11,12,13). The first kappa shape index (κ1) is 12.2. The van der Waals surface area contributed by atoms with Gasteiger partial charge >= 0.3 is 16.1 Å². The van der Waals surface area contributed by atoms with Gasteiger partial charge in [0.05, 0.1) is 0 Å². The lowest BCUT2D eigenvalue weighted by molar-refractivity contribution is -0.137. The van der Waals surface area contributed by atoms with Crippen LogP contribution in [0.15, 0.2) is 12.2 Å². The van der Waals surface area contributed by atoms with Crippen molar-refractivity contribution in [2.75, 3.05) is 5.94 Å². The van der Waals surface area contributed by atoms with Gasteiger partial charge in [-0.05, 0) is 18.8 Å². The molecule has 15 heavy (non-hydrogen) atoms. The molecule has 86 valence electrons. The van der Waals surface area contributed by atoms with Gasteiger partial charge in [-0.25, -0.2) is 4.79 Å². The first-order chi connectivity index (χ1) is 6.90. The van der Waals surface area contributed by atoms with Crippen LogP contribution in [0.3, 0.4) is 0 Å². The van der Waals surface area contributed by atoms with E-state index in [0.717, 1.165) is 25.7 Å². The van der Waals surface area contributed by atoms with Gasteiger partial charge in [-0.2, -0.15) is 8.42 Å². The van der Waals surface area contributed by atoms with E-state index in [2.05, 4.69) is 11.3 Å². The fourth-order valence-electron chi connectivity index (χ4n) is 1.66. The Labute approximate surface area is 88.9 Å². The quantitative estimate of drug-likeness (QED) is 0.448. The zero-order chi connectivity index (χ0) is 11.5. The molecule has 0 aliphatic heterocycles. The second-order valence-corrected chi connectivity index (χ2v) is 5.04. The lowest BCUT2D eigenvalue weighted by Crippen LogP contribution is -2.17. The molecule has 1 N–H and O–H groups in total. The molecule has 0 bridgehead atoms. The summed E-state index contributed by atoms with van der Waals surface area (Å²) in [6.07, 6.45) is 3.88. The molecule has 0 unspecified atom stereocenters. The highest BCUT2D eigenvalue weighted by molar-refractivity contribution is 7.85. The molecule has 1 aliphatic carbocycles. The van der Waals surface area contributed by atoms with Crippen LogP contribution in [0, 0.1) is 5.92 Å². The van der Waals surface area contributed by atoms with E-state index >= 15 is 0 Å². The van der Waals surface area contributed by atoms with Crippen molar-refractivity contribution in [3.63, 3.8) is 0 Å². The summed E-state index contributed by atoms with van der Waals surface area (Å²) in [5.41, 5.74) is 0.302. The number of hydrogen-bond acceptors (Lipinski definition) is 4. The lowest BCUT2D eigenvalue weighted by Gasteiger charge is -2.11. The monoisotopic (exact) mass is 234 g/mol. The summed E-state index contributed by atoms with van der Waals surface area (Å²) in [7, 11) is -4.26. The van der Waals surface area contributed by atoms with Gasteiger partial charge in [-0.1, -0.05) is 19.4 Å². The lowest BCUT2D eigenvalue weighted by atomic mass is 9.99. The number of carbonyl (C=O) groups is 1. The predicted octanol–water partition coefficient (Wildman–Crippen LogP) is 1.12. The van der Waals surface area contributed by atoms with Crippen molar-refractivity contribution in [1.82, 2.24) is 0 Å². The SMILES string of the molecule is C=C(C(=O)OCS(=O)(=O)O)C1CCCC1. The third-order valence-corrected chi connectivity index (χ3v) is 2.86. The Kier molecular flexibility index (Phi) is 3.87. The zero-order valence-corrected chi connectivity index (χ0v) is 9.12. The number of rotatable bonds is 4. The van der Waals surface area contributed by atoms with Crippen LogP contribution in [-0.4, -0.2) is 24.9 Å². The zero-order valence-electron chi connectivity index (χ0n) is 8.31. The molecular weight excluding hydrogens is 220 g/mol. The summed E-state index contributed by atoms with van der Waals surface area (Å²) in [5, 5.41) is 0. The van der Waals surface area contributed by atoms with E-state index in [9.17, 15) is 13.2 Å². The molecule has 1 saturated carbocycles. The minimum Gasteiger partial charge on any atom is -0.443 e. The van der Waals surface area contributed by atoms with E-state index in [1.807, 2.05) is 0 Å². The molecule has 0 spiro atoms. The maximum Gasteiger partial charge on any atom is 0.334 e. The average molecular weight is 234 g/mol. The van der Waals surface area contributed by atoms with Crippen LogP contribution in [0.25, 0.3) is 0 Å². The molecule has 0 radical (unpaired) electrons.